The van der Waals surface area contributed by atoms with E-state index in [4.69, 9.17) is 0 Å². The number of nitrogens with zero attached hydrogens (tertiary/aromatic N) is 4. The van der Waals surface area contributed by atoms with Gasteiger partial charge in [0.15, 0.2) is 0 Å². The molecule has 4 rings (SSSR count). The van der Waals surface area contributed by atoms with Crippen LogP contribution in [-0.2, 0) is 0 Å². The lowest BCUT2D eigenvalue weighted by atomic mass is 10.1. The van der Waals surface area contributed by atoms with Crippen LogP contribution in [0.4, 0.5) is 10.1 Å². The van der Waals surface area contributed by atoms with Crippen molar-refractivity contribution in [3.8, 4) is 0 Å². The average molecular weight is 382 g/mol. The number of amides is 2. The zero-order valence-corrected chi connectivity index (χ0v) is 15.7. The van der Waals surface area contributed by atoms with E-state index >= 15 is 0 Å². The highest BCUT2D eigenvalue weighted by molar-refractivity contribution is 5.98. The first-order valence-corrected chi connectivity index (χ1v) is 9.67. The van der Waals surface area contributed by atoms with Gasteiger partial charge in [0.2, 0.25) is 0 Å². The topological polar surface area (TPSA) is 56.8 Å². The Kier molecular flexibility index (Phi) is 5.23. The fraction of sp³-hybridized carbons (Fsp3) is 0.381. The molecule has 2 aliphatic heterocycles. The van der Waals surface area contributed by atoms with Gasteiger partial charge in [0.25, 0.3) is 11.8 Å². The molecule has 0 N–H and O–H groups in total. The summed E-state index contributed by atoms with van der Waals surface area (Å²) in [6, 6.07) is 9.92. The van der Waals surface area contributed by atoms with Gasteiger partial charge < -0.3 is 14.7 Å². The van der Waals surface area contributed by atoms with Gasteiger partial charge in [-0.15, -0.1) is 0 Å². The maximum absolute atomic E-state index is 14.0. The van der Waals surface area contributed by atoms with Crippen LogP contribution in [0, 0.1) is 5.82 Å². The van der Waals surface area contributed by atoms with E-state index in [1.807, 2.05) is 15.9 Å². The first kappa shape index (κ1) is 18.4. The number of para-hydroxylation sites is 1. The number of aromatic nitrogens is 1. The highest BCUT2D eigenvalue weighted by Gasteiger charge is 2.26. The molecule has 1 aromatic heterocycles. The summed E-state index contributed by atoms with van der Waals surface area (Å²) in [6.45, 7) is 3.61. The van der Waals surface area contributed by atoms with E-state index < -0.39 is 0 Å². The predicted octanol–water partition coefficient (Wildman–Crippen LogP) is 2.42. The number of pyridine rings is 1. The van der Waals surface area contributed by atoms with Crippen LogP contribution >= 0.6 is 0 Å². The third kappa shape index (κ3) is 3.69. The van der Waals surface area contributed by atoms with Crippen molar-refractivity contribution in [2.45, 2.75) is 12.8 Å². The van der Waals surface area contributed by atoms with Crippen molar-refractivity contribution in [2.75, 3.05) is 44.2 Å². The summed E-state index contributed by atoms with van der Waals surface area (Å²) >= 11 is 0. The number of rotatable bonds is 3. The van der Waals surface area contributed by atoms with Gasteiger partial charge in [0.05, 0.1) is 5.69 Å². The minimum atomic E-state index is -0.253. The highest BCUT2D eigenvalue weighted by atomic mass is 19.1. The van der Waals surface area contributed by atoms with Crippen LogP contribution in [0.2, 0.25) is 0 Å². The van der Waals surface area contributed by atoms with E-state index in [0.717, 1.165) is 25.9 Å². The summed E-state index contributed by atoms with van der Waals surface area (Å²) in [7, 11) is 0. The third-order valence-corrected chi connectivity index (χ3v) is 5.38. The first-order chi connectivity index (χ1) is 13.6. The molecule has 0 bridgehead atoms. The SMILES string of the molecule is O=C(c1ccnc(C(=O)N2CCN(c3ccccc3F)CC2)c1)N1CCCC1. The van der Waals surface area contributed by atoms with Gasteiger partial charge >= 0.3 is 0 Å². The second-order valence-corrected chi connectivity index (χ2v) is 7.16. The molecule has 2 fully saturated rings. The molecule has 2 saturated heterocycles. The van der Waals surface area contributed by atoms with Crippen LogP contribution < -0.4 is 4.90 Å². The van der Waals surface area contributed by atoms with E-state index in [0.29, 0.717) is 37.4 Å². The fourth-order valence-corrected chi connectivity index (χ4v) is 3.80. The number of carbonyl (C=O) groups is 2. The van der Waals surface area contributed by atoms with Crippen molar-refractivity contribution in [1.29, 1.82) is 0 Å². The smallest absolute Gasteiger partial charge is 0.272 e. The van der Waals surface area contributed by atoms with Gasteiger partial charge in [0, 0.05) is 51.0 Å². The van der Waals surface area contributed by atoms with Crippen molar-refractivity contribution >= 4 is 17.5 Å². The molecule has 1 aromatic carbocycles. The molecule has 0 atom stereocenters. The van der Waals surface area contributed by atoms with Crippen LogP contribution in [0.15, 0.2) is 42.6 Å². The molecule has 0 radical (unpaired) electrons. The monoisotopic (exact) mass is 382 g/mol. The lowest BCUT2D eigenvalue weighted by molar-refractivity contribution is 0.0740. The van der Waals surface area contributed by atoms with E-state index in [2.05, 4.69) is 4.98 Å². The largest absolute Gasteiger partial charge is 0.366 e. The lowest BCUT2D eigenvalue weighted by Crippen LogP contribution is -2.49. The minimum Gasteiger partial charge on any atom is -0.366 e. The zero-order chi connectivity index (χ0) is 19.5. The molecule has 0 aliphatic carbocycles. The third-order valence-electron chi connectivity index (χ3n) is 5.38. The Morgan fingerprint density at radius 1 is 0.857 bits per heavy atom. The maximum atomic E-state index is 14.0. The van der Waals surface area contributed by atoms with E-state index in [1.54, 1.807) is 29.2 Å². The predicted molar refractivity (Wildman–Crippen MR) is 104 cm³/mol. The van der Waals surface area contributed by atoms with Crippen LogP contribution in [0.5, 0.6) is 0 Å². The molecule has 0 saturated carbocycles. The minimum absolute atomic E-state index is 0.0432. The summed E-state index contributed by atoms with van der Waals surface area (Å²) in [6.07, 6.45) is 3.57. The number of carbonyl (C=O) groups excluding carboxylic acids is 2. The first-order valence-electron chi connectivity index (χ1n) is 9.67. The van der Waals surface area contributed by atoms with Gasteiger partial charge in [-0.3, -0.25) is 14.6 Å². The van der Waals surface area contributed by atoms with Crippen molar-refractivity contribution < 1.29 is 14.0 Å². The summed E-state index contributed by atoms with van der Waals surface area (Å²) in [5.41, 5.74) is 1.35. The lowest BCUT2D eigenvalue weighted by Gasteiger charge is -2.36. The van der Waals surface area contributed by atoms with E-state index in [9.17, 15) is 14.0 Å². The van der Waals surface area contributed by atoms with Crippen LogP contribution in [0.3, 0.4) is 0 Å². The molecule has 3 heterocycles. The van der Waals surface area contributed by atoms with Crippen molar-refractivity contribution in [3.63, 3.8) is 0 Å². The Morgan fingerprint density at radius 2 is 1.54 bits per heavy atom. The molecular formula is C21H23FN4O2. The van der Waals surface area contributed by atoms with Crippen molar-refractivity contribution in [3.05, 3.63) is 59.7 Å². The van der Waals surface area contributed by atoms with Crippen LogP contribution in [0.1, 0.15) is 33.7 Å². The normalized spacial score (nSPS) is 17.1. The molecule has 146 valence electrons. The number of hydrogen-bond donors (Lipinski definition) is 0. The standard InChI is InChI=1S/C21H23FN4O2/c22-17-5-1-2-6-19(17)24-11-13-26(14-12-24)21(28)18-15-16(7-8-23-18)20(27)25-9-3-4-10-25/h1-2,5-8,15H,3-4,9-14H2. The Balaban J connectivity index is 1.42. The number of hydrogen-bond acceptors (Lipinski definition) is 4. The Labute approximate surface area is 163 Å². The van der Waals surface area contributed by atoms with Crippen molar-refractivity contribution in [1.82, 2.24) is 14.8 Å². The average Bonchev–Trinajstić information content (AvgIpc) is 3.28. The van der Waals surface area contributed by atoms with Gasteiger partial charge in [-0.1, -0.05) is 12.1 Å². The van der Waals surface area contributed by atoms with Crippen molar-refractivity contribution in [2.24, 2.45) is 0 Å². The quantitative estimate of drug-likeness (QED) is 0.818. The van der Waals surface area contributed by atoms with Gasteiger partial charge in [-0.2, -0.15) is 0 Å². The summed E-state index contributed by atoms with van der Waals surface area (Å²) in [4.78, 5) is 35.1. The summed E-state index contributed by atoms with van der Waals surface area (Å²) in [5, 5.41) is 0. The second kappa shape index (κ2) is 7.96. The molecule has 2 aromatic rings. The number of halogens is 1. The molecule has 28 heavy (non-hydrogen) atoms. The number of anilines is 1. The Bertz CT molecular complexity index is 874. The number of benzene rings is 1. The fourth-order valence-electron chi connectivity index (χ4n) is 3.80. The number of piperazine rings is 1. The molecule has 6 nitrogen and oxygen atoms in total. The summed E-state index contributed by atoms with van der Waals surface area (Å²) < 4.78 is 14.0. The maximum Gasteiger partial charge on any atom is 0.272 e. The Morgan fingerprint density at radius 3 is 2.25 bits per heavy atom. The highest BCUT2D eigenvalue weighted by Crippen LogP contribution is 2.21. The van der Waals surface area contributed by atoms with E-state index in [1.165, 1.54) is 12.3 Å². The zero-order valence-electron chi connectivity index (χ0n) is 15.7. The molecule has 0 unspecified atom stereocenters. The molecular weight excluding hydrogens is 359 g/mol. The molecule has 2 amide bonds. The molecule has 0 spiro atoms. The van der Waals surface area contributed by atoms with Crippen LogP contribution in [-0.4, -0.2) is 65.9 Å². The number of likely N-dealkylation sites (tertiary alicyclic amines) is 1. The Hall–Kier alpha value is -2.96. The van der Waals surface area contributed by atoms with Gasteiger partial charge in [-0.25, -0.2) is 4.39 Å². The summed E-state index contributed by atoms with van der Waals surface area (Å²) in [5.74, 6) is -0.486. The second-order valence-electron chi connectivity index (χ2n) is 7.16. The van der Waals surface area contributed by atoms with E-state index in [-0.39, 0.29) is 23.3 Å². The molecule has 7 heteroatoms. The van der Waals surface area contributed by atoms with Gasteiger partial charge in [0.1, 0.15) is 11.5 Å². The van der Waals surface area contributed by atoms with Crippen LogP contribution in [0.25, 0.3) is 0 Å². The van der Waals surface area contributed by atoms with Gasteiger partial charge in [-0.05, 0) is 37.1 Å². The molecule has 2 aliphatic rings.